The summed E-state index contributed by atoms with van der Waals surface area (Å²) in [4.78, 5) is 21.3. The number of aliphatic carboxylic acids is 2. The topological polar surface area (TPSA) is 86.6 Å². The molecule has 0 radical (unpaired) electrons. The third kappa shape index (κ3) is 4.48. The van der Waals surface area contributed by atoms with Gasteiger partial charge in [0.1, 0.15) is 0 Å². The van der Waals surface area contributed by atoms with Crippen molar-refractivity contribution < 1.29 is 19.8 Å². The van der Waals surface area contributed by atoms with Crippen LogP contribution >= 0.6 is 12.4 Å². The summed E-state index contributed by atoms with van der Waals surface area (Å²) >= 11 is 0. The molecule has 15 heavy (non-hydrogen) atoms. The van der Waals surface area contributed by atoms with Crippen molar-refractivity contribution in [3.8, 4) is 0 Å². The van der Waals surface area contributed by atoms with Crippen LogP contribution in [0.4, 0.5) is 0 Å². The standard InChI is InChI=1S/C9H15NO4.ClH/c11-7(12)5-9(6-8(13)14)1-3-10-4-2-9;/h10H,1-6H2,(H,11,12)(H,13,14);1H. The zero-order chi connectivity index (χ0) is 10.6. The van der Waals surface area contributed by atoms with E-state index in [4.69, 9.17) is 10.2 Å². The summed E-state index contributed by atoms with van der Waals surface area (Å²) in [5, 5.41) is 20.6. The minimum Gasteiger partial charge on any atom is -0.481 e. The van der Waals surface area contributed by atoms with E-state index in [0.717, 1.165) is 0 Å². The number of rotatable bonds is 4. The molecule has 1 rings (SSSR count). The molecule has 1 saturated heterocycles. The molecule has 0 aromatic carbocycles. The number of carbonyl (C=O) groups is 2. The zero-order valence-corrected chi connectivity index (χ0v) is 9.18. The summed E-state index contributed by atoms with van der Waals surface area (Å²) in [6.45, 7) is 1.42. The Morgan fingerprint density at radius 2 is 1.47 bits per heavy atom. The maximum Gasteiger partial charge on any atom is 0.303 e. The van der Waals surface area contributed by atoms with Gasteiger partial charge in [0.25, 0.3) is 0 Å². The van der Waals surface area contributed by atoms with Crippen LogP contribution in [-0.4, -0.2) is 35.2 Å². The van der Waals surface area contributed by atoms with Gasteiger partial charge in [-0.2, -0.15) is 0 Å². The van der Waals surface area contributed by atoms with Crippen LogP contribution in [0.15, 0.2) is 0 Å². The van der Waals surface area contributed by atoms with Crippen molar-refractivity contribution in [1.82, 2.24) is 5.32 Å². The molecule has 0 spiro atoms. The second kappa shape index (κ2) is 5.92. The number of nitrogens with one attached hydrogen (secondary N) is 1. The van der Waals surface area contributed by atoms with E-state index in [1.165, 1.54) is 0 Å². The average Bonchev–Trinajstić information content (AvgIpc) is 2.01. The Hall–Kier alpha value is -0.810. The van der Waals surface area contributed by atoms with E-state index in [1.54, 1.807) is 0 Å². The molecular formula is C9H16ClNO4. The molecule has 0 bridgehead atoms. The number of hydrogen-bond donors (Lipinski definition) is 3. The summed E-state index contributed by atoms with van der Waals surface area (Å²) in [7, 11) is 0. The Kier molecular flexibility index (Phi) is 5.60. The van der Waals surface area contributed by atoms with Gasteiger partial charge < -0.3 is 15.5 Å². The van der Waals surface area contributed by atoms with Gasteiger partial charge in [-0.1, -0.05) is 0 Å². The van der Waals surface area contributed by atoms with Crippen molar-refractivity contribution in [3.63, 3.8) is 0 Å². The first-order valence-electron chi connectivity index (χ1n) is 4.68. The number of halogens is 1. The lowest BCUT2D eigenvalue weighted by molar-refractivity contribution is -0.144. The molecule has 0 aliphatic carbocycles. The second-order valence-electron chi connectivity index (χ2n) is 3.89. The lowest BCUT2D eigenvalue weighted by Crippen LogP contribution is -2.39. The smallest absolute Gasteiger partial charge is 0.303 e. The fourth-order valence-corrected chi connectivity index (χ4v) is 2.01. The van der Waals surface area contributed by atoms with E-state index in [1.807, 2.05) is 0 Å². The number of carboxylic acids is 2. The van der Waals surface area contributed by atoms with Crippen molar-refractivity contribution >= 4 is 24.3 Å². The van der Waals surface area contributed by atoms with Gasteiger partial charge in [0.15, 0.2) is 0 Å². The molecule has 3 N–H and O–H groups in total. The Morgan fingerprint density at radius 3 is 1.80 bits per heavy atom. The molecule has 0 aromatic heterocycles. The highest BCUT2D eigenvalue weighted by Crippen LogP contribution is 2.36. The van der Waals surface area contributed by atoms with E-state index in [0.29, 0.717) is 25.9 Å². The molecule has 0 atom stereocenters. The van der Waals surface area contributed by atoms with Crippen LogP contribution < -0.4 is 5.32 Å². The van der Waals surface area contributed by atoms with Gasteiger partial charge in [-0.05, 0) is 31.3 Å². The predicted octanol–water partition coefficient (Wildman–Crippen LogP) is 0.727. The molecule has 1 fully saturated rings. The average molecular weight is 238 g/mol. The van der Waals surface area contributed by atoms with Gasteiger partial charge in [0.2, 0.25) is 0 Å². The summed E-state index contributed by atoms with van der Waals surface area (Å²) in [6, 6.07) is 0. The maximum absolute atomic E-state index is 10.6. The van der Waals surface area contributed by atoms with E-state index in [9.17, 15) is 9.59 Å². The predicted molar refractivity (Wildman–Crippen MR) is 56.3 cm³/mol. The van der Waals surface area contributed by atoms with Gasteiger partial charge in [-0.25, -0.2) is 0 Å². The molecule has 0 aromatic rings. The lowest BCUT2D eigenvalue weighted by Gasteiger charge is -2.35. The van der Waals surface area contributed by atoms with E-state index in [-0.39, 0.29) is 25.2 Å². The van der Waals surface area contributed by atoms with Crippen LogP contribution in [0.3, 0.4) is 0 Å². The summed E-state index contributed by atoms with van der Waals surface area (Å²) in [5.74, 6) is -1.82. The van der Waals surface area contributed by atoms with Gasteiger partial charge in [-0.15, -0.1) is 12.4 Å². The third-order valence-corrected chi connectivity index (χ3v) is 2.72. The zero-order valence-electron chi connectivity index (χ0n) is 8.36. The molecular weight excluding hydrogens is 222 g/mol. The third-order valence-electron chi connectivity index (χ3n) is 2.72. The molecule has 1 heterocycles. The number of carboxylic acid groups (broad SMARTS) is 2. The van der Waals surface area contributed by atoms with Crippen LogP contribution in [0.25, 0.3) is 0 Å². The molecule has 5 nitrogen and oxygen atoms in total. The van der Waals surface area contributed by atoms with Crippen LogP contribution in [0, 0.1) is 5.41 Å². The molecule has 0 amide bonds. The van der Waals surface area contributed by atoms with Crippen molar-refractivity contribution in [2.24, 2.45) is 5.41 Å². The Bertz CT molecular complexity index is 220. The quantitative estimate of drug-likeness (QED) is 0.671. The minimum atomic E-state index is -0.909. The van der Waals surface area contributed by atoms with Gasteiger partial charge in [0.05, 0.1) is 12.8 Å². The van der Waals surface area contributed by atoms with Gasteiger partial charge in [-0.3, -0.25) is 9.59 Å². The first-order valence-corrected chi connectivity index (χ1v) is 4.68. The maximum atomic E-state index is 10.6. The number of piperidine rings is 1. The molecule has 0 saturated carbocycles. The SMILES string of the molecule is Cl.O=C(O)CC1(CC(=O)O)CCNCC1. The molecule has 1 aliphatic heterocycles. The lowest BCUT2D eigenvalue weighted by atomic mass is 9.73. The second-order valence-corrected chi connectivity index (χ2v) is 3.89. The van der Waals surface area contributed by atoms with E-state index >= 15 is 0 Å². The van der Waals surface area contributed by atoms with Gasteiger partial charge in [0, 0.05) is 0 Å². The number of hydrogen-bond acceptors (Lipinski definition) is 3. The molecule has 0 unspecified atom stereocenters. The largest absolute Gasteiger partial charge is 0.481 e. The van der Waals surface area contributed by atoms with Crippen LogP contribution in [0.1, 0.15) is 25.7 Å². The van der Waals surface area contributed by atoms with Crippen molar-refractivity contribution in [2.75, 3.05) is 13.1 Å². The summed E-state index contributed by atoms with van der Waals surface area (Å²) in [5.41, 5.74) is -0.539. The molecule has 6 heteroatoms. The Morgan fingerprint density at radius 1 is 1.07 bits per heavy atom. The van der Waals surface area contributed by atoms with Crippen molar-refractivity contribution in [3.05, 3.63) is 0 Å². The minimum absolute atomic E-state index is 0. The summed E-state index contributed by atoms with van der Waals surface area (Å²) < 4.78 is 0. The monoisotopic (exact) mass is 237 g/mol. The fraction of sp³-hybridized carbons (Fsp3) is 0.778. The Balaban J connectivity index is 0.00000196. The first-order chi connectivity index (χ1) is 6.54. The van der Waals surface area contributed by atoms with Gasteiger partial charge >= 0.3 is 11.9 Å². The molecule has 1 aliphatic rings. The van der Waals surface area contributed by atoms with E-state index < -0.39 is 17.4 Å². The van der Waals surface area contributed by atoms with Crippen LogP contribution in [-0.2, 0) is 9.59 Å². The molecule has 88 valence electrons. The van der Waals surface area contributed by atoms with Crippen molar-refractivity contribution in [2.45, 2.75) is 25.7 Å². The van der Waals surface area contributed by atoms with Crippen molar-refractivity contribution in [1.29, 1.82) is 0 Å². The Labute approximate surface area is 94.3 Å². The fourth-order valence-electron chi connectivity index (χ4n) is 2.01. The van der Waals surface area contributed by atoms with Crippen LogP contribution in [0.2, 0.25) is 0 Å². The normalized spacial score (nSPS) is 18.9. The summed E-state index contributed by atoms with van der Waals surface area (Å²) in [6.07, 6.45) is 1.18. The van der Waals surface area contributed by atoms with Crippen LogP contribution in [0.5, 0.6) is 0 Å². The first kappa shape index (κ1) is 14.2. The highest BCUT2D eigenvalue weighted by atomic mass is 35.5. The highest BCUT2D eigenvalue weighted by Gasteiger charge is 2.36. The highest BCUT2D eigenvalue weighted by molar-refractivity contribution is 5.85. The van der Waals surface area contributed by atoms with E-state index in [2.05, 4.69) is 5.32 Å².